The standard InChI is InChI=1S/C15H13BrN2O4S2/c1-23(19,20)10-11-9-13-14(16)7-8-17-15(13)18(11)24(21,22)12-5-3-2-4-6-12/h2-9H,10H2,1H3. The highest BCUT2D eigenvalue weighted by atomic mass is 79.9. The van der Waals surface area contributed by atoms with Crippen LogP contribution in [-0.4, -0.2) is 32.0 Å². The molecule has 6 nitrogen and oxygen atoms in total. The van der Waals surface area contributed by atoms with Gasteiger partial charge in [0.15, 0.2) is 15.5 Å². The summed E-state index contributed by atoms with van der Waals surface area (Å²) in [6.45, 7) is 0. The summed E-state index contributed by atoms with van der Waals surface area (Å²) in [6, 6.07) is 11.1. The molecule has 3 aromatic rings. The molecule has 9 heteroatoms. The summed E-state index contributed by atoms with van der Waals surface area (Å²) in [6.07, 6.45) is 2.53. The Balaban J connectivity index is 2.37. The minimum atomic E-state index is -3.97. The number of pyridine rings is 1. The molecule has 126 valence electrons. The molecular weight excluding hydrogens is 416 g/mol. The van der Waals surface area contributed by atoms with Gasteiger partial charge in [0.1, 0.15) is 0 Å². The first kappa shape index (κ1) is 17.1. The summed E-state index contributed by atoms with van der Waals surface area (Å²) >= 11 is 3.35. The predicted molar refractivity (Wildman–Crippen MR) is 95.0 cm³/mol. The van der Waals surface area contributed by atoms with Gasteiger partial charge in [-0.2, -0.15) is 0 Å². The molecule has 0 saturated carbocycles. The Kier molecular flexibility index (Phi) is 4.27. The second kappa shape index (κ2) is 5.98. The van der Waals surface area contributed by atoms with Crippen LogP contribution in [0, 0.1) is 0 Å². The fourth-order valence-corrected chi connectivity index (χ4v) is 5.18. The summed E-state index contributed by atoms with van der Waals surface area (Å²) in [4.78, 5) is 4.21. The molecule has 0 amide bonds. The van der Waals surface area contributed by atoms with E-state index in [4.69, 9.17) is 0 Å². The van der Waals surface area contributed by atoms with Crippen LogP contribution in [0.2, 0.25) is 0 Å². The number of aromatic nitrogens is 2. The van der Waals surface area contributed by atoms with E-state index in [1.165, 1.54) is 24.4 Å². The Morgan fingerprint density at radius 2 is 1.75 bits per heavy atom. The van der Waals surface area contributed by atoms with Crippen LogP contribution >= 0.6 is 15.9 Å². The SMILES string of the molecule is CS(=O)(=O)Cc1cc2c(Br)ccnc2n1S(=O)(=O)c1ccccc1. The maximum absolute atomic E-state index is 13.0. The highest BCUT2D eigenvalue weighted by Crippen LogP contribution is 2.30. The fraction of sp³-hybridized carbons (Fsp3) is 0.133. The number of hydrogen-bond donors (Lipinski definition) is 0. The van der Waals surface area contributed by atoms with Crippen LogP contribution in [0.5, 0.6) is 0 Å². The van der Waals surface area contributed by atoms with Gasteiger partial charge in [-0.15, -0.1) is 0 Å². The number of nitrogens with zero attached hydrogens (tertiary/aromatic N) is 2. The van der Waals surface area contributed by atoms with Crippen LogP contribution < -0.4 is 0 Å². The van der Waals surface area contributed by atoms with Gasteiger partial charge in [0.05, 0.1) is 16.3 Å². The largest absolute Gasteiger partial charge is 0.269 e. The second-order valence-corrected chi connectivity index (χ2v) is 10.1. The van der Waals surface area contributed by atoms with Gasteiger partial charge in [0.25, 0.3) is 10.0 Å². The molecule has 0 unspecified atom stereocenters. The van der Waals surface area contributed by atoms with Crippen LogP contribution in [0.1, 0.15) is 5.69 Å². The molecular formula is C15H13BrN2O4S2. The molecule has 0 spiro atoms. The van der Waals surface area contributed by atoms with Gasteiger partial charge in [-0.3, -0.25) is 0 Å². The molecule has 0 radical (unpaired) electrons. The van der Waals surface area contributed by atoms with Crippen molar-refractivity contribution in [2.24, 2.45) is 0 Å². The number of fused-ring (bicyclic) bond motifs is 1. The zero-order chi connectivity index (χ0) is 17.5. The van der Waals surface area contributed by atoms with Crippen molar-refractivity contribution >= 4 is 46.8 Å². The second-order valence-electron chi connectivity index (χ2n) is 5.32. The third kappa shape index (κ3) is 3.11. The van der Waals surface area contributed by atoms with E-state index >= 15 is 0 Å². The highest BCUT2D eigenvalue weighted by molar-refractivity contribution is 9.10. The molecule has 0 aliphatic carbocycles. The molecule has 0 atom stereocenters. The number of halogens is 1. The molecule has 2 heterocycles. The van der Waals surface area contributed by atoms with Crippen molar-refractivity contribution < 1.29 is 16.8 Å². The molecule has 0 aliphatic rings. The van der Waals surface area contributed by atoms with Gasteiger partial charge in [0, 0.05) is 22.3 Å². The molecule has 1 aromatic carbocycles. The van der Waals surface area contributed by atoms with Gasteiger partial charge in [-0.25, -0.2) is 25.8 Å². The Bertz CT molecular complexity index is 1120. The van der Waals surface area contributed by atoms with Crippen molar-refractivity contribution in [3.63, 3.8) is 0 Å². The smallest absolute Gasteiger partial charge is 0.237 e. The minimum Gasteiger partial charge on any atom is -0.237 e. The van der Waals surface area contributed by atoms with E-state index < -0.39 is 25.6 Å². The monoisotopic (exact) mass is 428 g/mol. The van der Waals surface area contributed by atoms with Gasteiger partial charge >= 0.3 is 0 Å². The lowest BCUT2D eigenvalue weighted by Gasteiger charge is -2.11. The Hall–Kier alpha value is -1.71. The van der Waals surface area contributed by atoms with Crippen LogP contribution in [-0.2, 0) is 25.6 Å². The van der Waals surface area contributed by atoms with Gasteiger partial charge < -0.3 is 0 Å². The normalized spacial score (nSPS) is 12.6. The van der Waals surface area contributed by atoms with Gasteiger partial charge in [-0.05, 0) is 40.2 Å². The molecule has 0 saturated heterocycles. The fourth-order valence-electron chi connectivity index (χ4n) is 2.43. The number of rotatable bonds is 4. The molecule has 2 aromatic heterocycles. The number of hydrogen-bond acceptors (Lipinski definition) is 5. The van der Waals surface area contributed by atoms with Crippen LogP contribution in [0.3, 0.4) is 0 Å². The summed E-state index contributed by atoms with van der Waals surface area (Å²) in [5.41, 5.74) is 0.336. The molecule has 3 rings (SSSR count). The van der Waals surface area contributed by atoms with E-state index in [1.54, 1.807) is 24.3 Å². The lowest BCUT2D eigenvalue weighted by molar-refractivity contribution is 0.586. The van der Waals surface area contributed by atoms with Crippen molar-refractivity contribution in [2.75, 3.05) is 6.26 Å². The van der Waals surface area contributed by atoms with E-state index in [9.17, 15) is 16.8 Å². The number of sulfone groups is 1. The van der Waals surface area contributed by atoms with Crippen LogP contribution in [0.15, 0.2) is 58.0 Å². The average Bonchev–Trinajstić information content (AvgIpc) is 2.86. The zero-order valence-electron chi connectivity index (χ0n) is 12.5. The predicted octanol–water partition coefficient (Wildman–Crippen LogP) is 2.58. The Morgan fingerprint density at radius 3 is 2.38 bits per heavy atom. The first-order valence-electron chi connectivity index (χ1n) is 6.83. The molecule has 24 heavy (non-hydrogen) atoms. The molecule has 0 N–H and O–H groups in total. The highest BCUT2D eigenvalue weighted by Gasteiger charge is 2.26. The third-order valence-electron chi connectivity index (χ3n) is 3.37. The summed E-state index contributed by atoms with van der Waals surface area (Å²) in [5.74, 6) is -0.401. The third-order valence-corrected chi connectivity index (χ3v) is 6.64. The Morgan fingerprint density at radius 1 is 1.08 bits per heavy atom. The van der Waals surface area contributed by atoms with Crippen molar-refractivity contribution in [1.82, 2.24) is 8.96 Å². The van der Waals surface area contributed by atoms with Crippen LogP contribution in [0.25, 0.3) is 11.0 Å². The van der Waals surface area contributed by atoms with Gasteiger partial charge in [0.2, 0.25) is 0 Å². The maximum atomic E-state index is 13.0. The summed E-state index contributed by atoms with van der Waals surface area (Å²) in [5, 5.41) is 0.538. The Labute approximate surface area is 148 Å². The molecule has 0 bridgehead atoms. The lowest BCUT2D eigenvalue weighted by Crippen LogP contribution is -2.18. The molecule has 0 aliphatic heterocycles. The van der Waals surface area contributed by atoms with E-state index in [-0.39, 0.29) is 16.2 Å². The van der Waals surface area contributed by atoms with Crippen molar-refractivity contribution in [3.8, 4) is 0 Å². The summed E-state index contributed by atoms with van der Waals surface area (Å²) < 4.78 is 51.2. The maximum Gasteiger partial charge on any atom is 0.269 e. The van der Waals surface area contributed by atoms with Crippen molar-refractivity contribution in [3.05, 3.63) is 58.8 Å². The first-order valence-corrected chi connectivity index (χ1v) is 11.1. The topological polar surface area (TPSA) is 86.1 Å². The van der Waals surface area contributed by atoms with Gasteiger partial charge in [-0.1, -0.05) is 18.2 Å². The summed E-state index contributed by atoms with van der Waals surface area (Å²) in [7, 11) is -7.40. The van der Waals surface area contributed by atoms with E-state index in [1.807, 2.05) is 0 Å². The van der Waals surface area contributed by atoms with E-state index in [0.717, 1.165) is 10.2 Å². The lowest BCUT2D eigenvalue weighted by atomic mass is 10.3. The van der Waals surface area contributed by atoms with E-state index in [2.05, 4.69) is 20.9 Å². The quantitative estimate of drug-likeness (QED) is 0.637. The minimum absolute atomic E-state index is 0.0685. The number of benzene rings is 1. The van der Waals surface area contributed by atoms with E-state index in [0.29, 0.717) is 9.86 Å². The first-order chi connectivity index (χ1) is 11.2. The van der Waals surface area contributed by atoms with Crippen molar-refractivity contribution in [2.45, 2.75) is 10.6 Å². The average molecular weight is 429 g/mol. The van der Waals surface area contributed by atoms with Crippen LogP contribution in [0.4, 0.5) is 0 Å². The van der Waals surface area contributed by atoms with Crippen molar-refractivity contribution in [1.29, 1.82) is 0 Å². The molecule has 0 fully saturated rings. The zero-order valence-corrected chi connectivity index (χ0v) is 15.8.